The lowest BCUT2D eigenvalue weighted by Crippen LogP contribution is -2.36. The lowest BCUT2D eigenvalue weighted by atomic mass is 9.58. The van der Waals surface area contributed by atoms with E-state index >= 15 is 0 Å². The highest BCUT2D eigenvalue weighted by Crippen LogP contribution is 2.61. The third-order valence-electron chi connectivity index (χ3n) is 9.47. The summed E-state index contributed by atoms with van der Waals surface area (Å²) in [5.74, 6) is 0.787. The number of fused-ring (bicyclic) bond motifs is 6. The predicted octanol–water partition coefficient (Wildman–Crippen LogP) is 8.71. The van der Waals surface area contributed by atoms with Crippen molar-refractivity contribution in [2.45, 2.75) is 30.6 Å². The molecule has 1 heteroatoms. The fourth-order valence-corrected chi connectivity index (χ4v) is 7.88. The van der Waals surface area contributed by atoms with Gasteiger partial charge in [-0.05, 0) is 67.6 Å². The molecule has 0 N–H and O–H groups in total. The van der Waals surface area contributed by atoms with Gasteiger partial charge in [0.2, 0.25) is 0 Å². The van der Waals surface area contributed by atoms with E-state index in [1.54, 1.807) is 0 Å². The van der Waals surface area contributed by atoms with Crippen LogP contribution in [0.5, 0.6) is 0 Å². The van der Waals surface area contributed by atoms with Crippen molar-refractivity contribution in [3.8, 4) is 11.3 Å². The molecule has 1 aromatic heterocycles. The SMILES string of the molecule is CC1(C)c2cccc3c4c(cc(c23)C2C=CC=CC21)-c1ncccc1C4(c1ccccc1)c1ccccc1. The quantitative estimate of drug-likeness (QED) is 0.238. The van der Waals surface area contributed by atoms with Gasteiger partial charge in [-0.3, -0.25) is 4.98 Å². The van der Waals surface area contributed by atoms with E-state index in [1.165, 1.54) is 49.7 Å². The largest absolute Gasteiger partial charge is 0.256 e. The first-order valence-corrected chi connectivity index (χ1v) is 13.7. The Bertz CT molecular complexity index is 1750. The number of nitrogens with zero attached hydrogens (tertiary/aromatic N) is 1. The molecule has 5 aromatic rings. The van der Waals surface area contributed by atoms with E-state index in [4.69, 9.17) is 4.98 Å². The molecule has 0 aliphatic heterocycles. The molecule has 0 saturated carbocycles. The van der Waals surface area contributed by atoms with Crippen LogP contribution in [0.15, 0.2) is 128 Å². The van der Waals surface area contributed by atoms with Gasteiger partial charge in [-0.25, -0.2) is 0 Å². The second-order valence-corrected chi connectivity index (χ2v) is 11.5. The van der Waals surface area contributed by atoms with Crippen molar-refractivity contribution in [1.29, 1.82) is 0 Å². The number of rotatable bonds is 2. The predicted molar refractivity (Wildman–Crippen MR) is 157 cm³/mol. The summed E-state index contributed by atoms with van der Waals surface area (Å²) in [7, 11) is 0. The Kier molecular flexibility index (Phi) is 4.39. The van der Waals surface area contributed by atoms with E-state index in [2.05, 4.69) is 135 Å². The maximum atomic E-state index is 5.07. The van der Waals surface area contributed by atoms with Gasteiger partial charge in [0.1, 0.15) is 0 Å². The number of hydrogen-bond donors (Lipinski definition) is 0. The molecule has 0 spiro atoms. The van der Waals surface area contributed by atoms with Crippen LogP contribution in [0.2, 0.25) is 0 Å². The van der Waals surface area contributed by atoms with Crippen LogP contribution in [-0.4, -0.2) is 4.98 Å². The number of pyridine rings is 1. The van der Waals surface area contributed by atoms with E-state index < -0.39 is 5.41 Å². The summed E-state index contributed by atoms with van der Waals surface area (Å²) in [6, 6.07) is 36.0. The van der Waals surface area contributed by atoms with Crippen LogP contribution >= 0.6 is 0 Å². The molecule has 1 heterocycles. The van der Waals surface area contributed by atoms with Gasteiger partial charge in [-0.1, -0.05) is 123 Å². The molecule has 8 rings (SSSR count). The fourth-order valence-electron chi connectivity index (χ4n) is 7.88. The Morgan fingerprint density at radius 1 is 0.684 bits per heavy atom. The molecule has 38 heavy (non-hydrogen) atoms. The Morgan fingerprint density at radius 3 is 2.11 bits per heavy atom. The van der Waals surface area contributed by atoms with E-state index in [0.29, 0.717) is 11.8 Å². The average Bonchev–Trinajstić information content (AvgIpc) is 3.28. The molecule has 3 aliphatic rings. The first-order valence-electron chi connectivity index (χ1n) is 13.7. The second kappa shape index (κ2) is 7.65. The number of hydrogen-bond acceptors (Lipinski definition) is 1. The molecule has 1 nitrogen and oxygen atoms in total. The van der Waals surface area contributed by atoms with Gasteiger partial charge >= 0.3 is 0 Å². The van der Waals surface area contributed by atoms with Gasteiger partial charge in [0.25, 0.3) is 0 Å². The summed E-state index contributed by atoms with van der Waals surface area (Å²) in [6.07, 6.45) is 11.3. The summed E-state index contributed by atoms with van der Waals surface area (Å²) in [6.45, 7) is 4.86. The first-order chi connectivity index (χ1) is 18.6. The van der Waals surface area contributed by atoms with Crippen LogP contribution in [0.1, 0.15) is 53.1 Å². The van der Waals surface area contributed by atoms with Gasteiger partial charge in [0.15, 0.2) is 0 Å². The van der Waals surface area contributed by atoms with Gasteiger partial charge in [-0.2, -0.15) is 0 Å². The smallest absolute Gasteiger partial charge is 0.0753 e. The van der Waals surface area contributed by atoms with Crippen molar-refractivity contribution >= 4 is 10.8 Å². The van der Waals surface area contributed by atoms with E-state index in [1.807, 2.05) is 6.20 Å². The molecule has 0 bridgehead atoms. The molecular formula is C37H29N. The third-order valence-corrected chi connectivity index (χ3v) is 9.47. The maximum Gasteiger partial charge on any atom is 0.0753 e. The molecule has 3 aliphatic carbocycles. The van der Waals surface area contributed by atoms with Gasteiger partial charge in [-0.15, -0.1) is 0 Å². The highest BCUT2D eigenvalue weighted by molar-refractivity contribution is 6.03. The van der Waals surface area contributed by atoms with Crippen LogP contribution < -0.4 is 0 Å². The topological polar surface area (TPSA) is 12.9 Å². The van der Waals surface area contributed by atoms with Crippen molar-refractivity contribution in [3.05, 3.63) is 161 Å². The first kappa shape index (κ1) is 21.8. The van der Waals surface area contributed by atoms with Crippen LogP contribution in [0.3, 0.4) is 0 Å². The van der Waals surface area contributed by atoms with Gasteiger partial charge in [0.05, 0.1) is 11.1 Å². The van der Waals surface area contributed by atoms with Crippen LogP contribution in [-0.2, 0) is 10.8 Å². The third kappa shape index (κ3) is 2.59. The van der Waals surface area contributed by atoms with Gasteiger partial charge in [0, 0.05) is 17.7 Å². The Morgan fingerprint density at radius 2 is 1.37 bits per heavy atom. The minimum Gasteiger partial charge on any atom is -0.256 e. The van der Waals surface area contributed by atoms with E-state index in [9.17, 15) is 0 Å². The van der Waals surface area contributed by atoms with Crippen molar-refractivity contribution in [3.63, 3.8) is 0 Å². The zero-order valence-electron chi connectivity index (χ0n) is 21.7. The average molecular weight is 488 g/mol. The fraction of sp³-hybridized carbons (Fsp3) is 0.162. The van der Waals surface area contributed by atoms with Crippen molar-refractivity contribution < 1.29 is 0 Å². The molecule has 182 valence electrons. The lowest BCUT2D eigenvalue weighted by molar-refractivity contribution is 0.345. The Balaban J connectivity index is 1.60. The summed E-state index contributed by atoms with van der Waals surface area (Å²) in [4.78, 5) is 5.07. The number of benzene rings is 4. The summed E-state index contributed by atoms with van der Waals surface area (Å²) in [5, 5.41) is 2.79. The zero-order chi connectivity index (χ0) is 25.5. The van der Waals surface area contributed by atoms with Crippen molar-refractivity contribution in [2.75, 3.05) is 0 Å². The van der Waals surface area contributed by atoms with Crippen molar-refractivity contribution in [2.24, 2.45) is 5.92 Å². The normalized spacial score (nSPS) is 21.1. The summed E-state index contributed by atoms with van der Waals surface area (Å²) >= 11 is 0. The molecule has 4 aromatic carbocycles. The molecule has 0 fully saturated rings. The Labute approximate surface area is 224 Å². The van der Waals surface area contributed by atoms with Crippen molar-refractivity contribution in [1.82, 2.24) is 4.98 Å². The lowest BCUT2D eigenvalue weighted by Gasteiger charge is -2.45. The summed E-state index contributed by atoms with van der Waals surface area (Å²) < 4.78 is 0. The standard InChI is InChI=1S/C37H29N/c1-36(2)30-19-10-9-17-26(30)28-23-29-34(27-18-11-20-31(36)33(27)28)37(24-13-5-3-6-14-24,25-15-7-4-8-16-25)32-21-12-22-38-35(29)32/h3-23,26,30H,1-2H3. The van der Waals surface area contributed by atoms with Crippen LogP contribution in [0, 0.1) is 5.92 Å². The van der Waals surface area contributed by atoms with Gasteiger partial charge < -0.3 is 0 Å². The minimum absolute atomic E-state index is 0.0263. The molecule has 2 unspecified atom stereocenters. The molecule has 0 saturated heterocycles. The Hall–Kier alpha value is -4.23. The molecule has 2 atom stereocenters. The zero-order valence-corrected chi connectivity index (χ0v) is 21.7. The highest BCUT2D eigenvalue weighted by atomic mass is 14.7. The minimum atomic E-state index is -0.443. The molecule has 0 radical (unpaired) electrons. The van der Waals surface area contributed by atoms with E-state index in [-0.39, 0.29) is 5.41 Å². The summed E-state index contributed by atoms with van der Waals surface area (Å²) in [5.41, 5.74) is 10.1. The second-order valence-electron chi connectivity index (χ2n) is 11.5. The van der Waals surface area contributed by atoms with Crippen LogP contribution in [0.25, 0.3) is 22.0 Å². The number of aromatic nitrogens is 1. The molecular weight excluding hydrogens is 458 g/mol. The monoisotopic (exact) mass is 487 g/mol. The highest BCUT2D eigenvalue weighted by Gasteiger charge is 2.50. The number of allylic oxidation sites excluding steroid dienone is 4. The van der Waals surface area contributed by atoms with E-state index in [0.717, 1.165) is 5.69 Å². The van der Waals surface area contributed by atoms with Crippen LogP contribution in [0.4, 0.5) is 0 Å². The molecule has 0 amide bonds. The maximum absolute atomic E-state index is 5.07.